The number of amides is 1. The third kappa shape index (κ3) is 3.58. The Morgan fingerprint density at radius 2 is 2.20 bits per heavy atom. The number of hydrogen-bond donors (Lipinski definition) is 2. The van der Waals surface area contributed by atoms with Crippen LogP contribution in [0, 0.1) is 13.8 Å². The van der Waals surface area contributed by atoms with Crippen molar-refractivity contribution in [1.82, 2.24) is 10.2 Å². The molecular weight excluding hydrogens is 250 g/mol. The lowest BCUT2D eigenvalue weighted by atomic mass is 10.1. The van der Waals surface area contributed by atoms with Crippen molar-refractivity contribution < 1.29 is 4.79 Å². The topological polar surface area (TPSA) is 44.4 Å². The fourth-order valence-electron chi connectivity index (χ4n) is 2.83. The van der Waals surface area contributed by atoms with Crippen LogP contribution in [0.3, 0.4) is 0 Å². The summed E-state index contributed by atoms with van der Waals surface area (Å²) in [5.41, 5.74) is 3.28. The number of carbonyl (C=O) groups is 1. The lowest BCUT2D eigenvalue weighted by Crippen LogP contribution is -2.41. The monoisotopic (exact) mass is 275 g/mol. The van der Waals surface area contributed by atoms with Crippen molar-refractivity contribution >= 4 is 11.6 Å². The molecule has 1 unspecified atom stereocenters. The summed E-state index contributed by atoms with van der Waals surface area (Å²) in [7, 11) is 1.96. The number of hydrogen-bond acceptors (Lipinski definition) is 3. The number of anilines is 1. The van der Waals surface area contributed by atoms with Gasteiger partial charge in [0.25, 0.3) is 0 Å². The maximum atomic E-state index is 12.2. The second kappa shape index (κ2) is 6.86. The number of nitrogens with zero attached hydrogens (tertiary/aromatic N) is 1. The summed E-state index contributed by atoms with van der Waals surface area (Å²) in [5, 5.41) is 6.25. The van der Waals surface area contributed by atoms with Crippen molar-refractivity contribution in [3.63, 3.8) is 0 Å². The molecule has 0 aliphatic carbocycles. The Kier molecular flexibility index (Phi) is 5.15. The Hall–Kier alpha value is -1.39. The fraction of sp³-hybridized carbons (Fsp3) is 0.562. The van der Waals surface area contributed by atoms with Gasteiger partial charge < -0.3 is 10.6 Å². The highest BCUT2D eigenvalue weighted by molar-refractivity contribution is 5.93. The van der Waals surface area contributed by atoms with Crippen molar-refractivity contribution in [1.29, 1.82) is 0 Å². The molecule has 1 aromatic carbocycles. The molecule has 4 heteroatoms. The molecule has 110 valence electrons. The van der Waals surface area contributed by atoms with E-state index in [9.17, 15) is 4.79 Å². The van der Waals surface area contributed by atoms with Crippen LogP contribution in [-0.4, -0.2) is 43.5 Å². The van der Waals surface area contributed by atoms with Crippen LogP contribution in [-0.2, 0) is 4.79 Å². The predicted molar refractivity (Wildman–Crippen MR) is 83.1 cm³/mol. The minimum Gasteiger partial charge on any atom is -0.325 e. The number of carbonyl (C=O) groups excluding carboxylic acids is 1. The lowest BCUT2D eigenvalue weighted by Gasteiger charge is -2.23. The molecule has 1 aliphatic rings. The quantitative estimate of drug-likeness (QED) is 0.863. The van der Waals surface area contributed by atoms with Crippen LogP contribution < -0.4 is 10.6 Å². The second-order valence-electron chi connectivity index (χ2n) is 5.62. The maximum Gasteiger partial charge on any atom is 0.238 e. The Bertz CT molecular complexity index is 473. The largest absolute Gasteiger partial charge is 0.325 e. The van der Waals surface area contributed by atoms with Gasteiger partial charge in [-0.2, -0.15) is 0 Å². The zero-order valence-corrected chi connectivity index (χ0v) is 12.7. The van der Waals surface area contributed by atoms with Gasteiger partial charge >= 0.3 is 0 Å². The summed E-state index contributed by atoms with van der Waals surface area (Å²) < 4.78 is 0. The van der Waals surface area contributed by atoms with Crippen LogP contribution in [0.5, 0.6) is 0 Å². The minimum absolute atomic E-state index is 0.0849. The summed E-state index contributed by atoms with van der Waals surface area (Å²) in [6, 6.07) is 6.51. The first-order chi connectivity index (χ1) is 9.61. The zero-order valence-electron chi connectivity index (χ0n) is 12.7. The number of benzene rings is 1. The van der Waals surface area contributed by atoms with Gasteiger partial charge in [-0.1, -0.05) is 12.1 Å². The van der Waals surface area contributed by atoms with Crippen LogP contribution in [0.1, 0.15) is 24.0 Å². The molecule has 1 fully saturated rings. The predicted octanol–water partition coefficient (Wildman–Crippen LogP) is 1.93. The molecule has 2 rings (SSSR count). The Morgan fingerprint density at radius 3 is 2.95 bits per heavy atom. The van der Waals surface area contributed by atoms with Crippen LogP contribution in [0.2, 0.25) is 0 Å². The van der Waals surface area contributed by atoms with E-state index in [1.165, 1.54) is 18.4 Å². The minimum atomic E-state index is 0.0849. The van der Waals surface area contributed by atoms with Crippen molar-refractivity contribution in [3.8, 4) is 0 Å². The molecule has 1 atom stereocenters. The molecule has 2 N–H and O–H groups in total. The van der Waals surface area contributed by atoms with Gasteiger partial charge in [0, 0.05) is 18.3 Å². The van der Waals surface area contributed by atoms with Crippen LogP contribution >= 0.6 is 0 Å². The van der Waals surface area contributed by atoms with Gasteiger partial charge in [-0.25, -0.2) is 0 Å². The summed E-state index contributed by atoms with van der Waals surface area (Å²) in [5.74, 6) is 0.0849. The summed E-state index contributed by atoms with van der Waals surface area (Å²) in [4.78, 5) is 14.5. The van der Waals surface area contributed by atoms with E-state index in [1.807, 2.05) is 26.1 Å². The normalized spacial score (nSPS) is 19.2. The third-order valence-electron chi connectivity index (χ3n) is 4.16. The second-order valence-corrected chi connectivity index (χ2v) is 5.62. The lowest BCUT2D eigenvalue weighted by molar-refractivity contribution is -0.117. The van der Waals surface area contributed by atoms with Gasteiger partial charge in [0.15, 0.2) is 0 Å². The Labute approximate surface area is 121 Å². The van der Waals surface area contributed by atoms with E-state index >= 15 is 0 Å². The average Bonchev–Trinajstić information content (AvgIpc) is 2.83. The fourth-order valence-corrected chi connectivity index (χ4v) is 2.83. The Balaban J connectivity index is 1.94. The molecule has 0 spiro atoms. The maximum absolute atomic E-state index is 12.2. The number of rotatable bonds is 5. The van der Waals surface area contributed by atoms with E-state index < -0.39 is 0 Å². The van der Waals surface area contributed by atoms with Gasteiger partial charge in [-0.15, -0.1) is 0 Å². The van der Waals surface area contributed by atoms with Crippen LogP contribution in [0.15, 0.2) is 18.2 Å². The van der Waals surface area contributed by atoms with E-state index in [0.29, 0.717) is 12.6 Å². The first-order valence-electron chi connectivity index (χ1n) is 7.36. The van der Waals surface area contributed by atoms with E-state index in [1.54, 1.807) is 0 Å². The Morgan fingerprint density at radius 1 is 1.40 bits per heavy atom. The third-order valence-corrected chi connectivity index (χ3v) is 4.16. The van der Waals surface area contributed by atoms with Gasteiger partial charge in [0.2, 0.25) is 5.91 Å². The first kappa shape index (κ1) is 15.0. The molecule has 1 amide bonds. The summed E-state index contributed by atoms with van der Waals surface area (Å²) in [6.45, 7) is 6.57. The molecule has 0 aromatic heterocycles. The first-order valence-corrected chi connectivity index (χ1v) is 7.36. The highest BCUT2D eigenvalue weighted by Crippen LogP contribution is 2.19. The highest BCUT2D eigenvalue weighted by Gasteiger charge is 2.25. The van der Waals surface area contributed by atoms with Crippen molar-refractivity contribution in [2.45, 2.75) is 32.7 Å². The van der Waals surface area contributed by atoms with Gasteiger partial charge in [-0.3, -0.25) is 9.69 Å². The molecule has 0 bridgehead atoms. The smallest absolute Gasteiger partial charge is 0.238 e. The number of aryl methyl sites for hydroxylation is 1. The SMILES string of the molecule is CNCC1CCCN1CC(=O)Nc1cccc(C)c1C. The molecule has 0 saturated carbocycles. The number of likely N-dealkylation sites (N-methyl/N-ethyl adjacent to an activating group) is 1. The number of likely N-dealkylation sites (tertiary alicyclic amines) is 1. The molecule has 1 aliphatic heterocycles. The van der Waals surface area contributed by atoms with E-state index in [-0.39, 0.29) is 5.91 Å². The molecule has 0 radical (unpaired) electrons. The average molecular weight is 275 g/mol. The molecule has 1 heterocycles. The standard InChI is InChI=1S/C16H25N3O/c1-12-6-4-8-15(13(12)2)18-16(20)11-19-9-5-7-14(19)10-17-3/h4,6,8,14,17H,5,7,9-11H2,1-3H3,(H,18,20). The molecule has 4 nitrogen and oxygen atoms in total. The highest BCUT2D eigenvalue weighted by atomic mass is 16.2. The van der Waals surface area contributed by atoms with E-state index in [2.05, 4.69) is 28.5 Å². The summed E-state index contributed by atoms with van der Waals surface area (Å²) >= 11 is 0. The van der Waals surface area contributed by atoms with Crippen molar-refractivity contribution in [2.75, 3.05) is 32.0 Å². The van der Waals surface area contributed by atoms with Crippen LogP contribution in [0.25, 0.3) is 0 Å². The van der Waals surface area contributed by atoms with Crippen molar-refractivity contribution in [2.24, 2.45) is 0 Å². The number of nitrogens with one attached hydrogen (secondary N) is 2. The molecule has 1 aromatic rings. The molecular formula is C16H25N3O. The van der Waals surface area contributed by atoms with E-state index in [4.69, 9.17) is 0 Å². The van der Waals surface area contributed by atoms with Gasteiger partial charge in [0.1, 0.15) is 0 Å². The van der Waals surface area contributed by atoms with Crippen molar-refractivity contribution in [3.05, 3.63) is 29.3 Å². The van der Waals surface area contributed by atoms with Gasteiger partial charge in [0.05, 0.1) is 6.54 Å². The molecule has 20 heavy (non-hydrogen) atoms. The van der Waals surface area contributed by atoms with Gasteiger partial charge in [-0.05, 0) is 57.5 Å². The zero-order chi connectivity index (χ0) is 14.5. The summed E-state index contributed by atoms with van der Waals surface area (Å²) in [6.07, 6.45) is 2.36. The van der Waals surface area contributed by atoms with Crippen LogP contribution in [0.4, 0.5) is 5.69 Å². The molecule has 1 saturated heterocycles. The van der Waals surface area contributed by atoms with E-state index in [0.717, 1.165) is 24.3 Å².